The molecule has 0 atom stereocenters. The minimum Gasteiger partial charge on any atom is -0.497 e. The molecule has 0 amide bonds. The molecule has 270 valence electrons. The summed E-state index contributed by atoms with van der Waals surface area (Å²) in [5, 5.41) is 2.45. The zero-order valence-corrected chi connectivity index (χ0v) is 30.8. The van der Waals surface area contributed by atoms with E-state index in [9.17, 15) is 9.59 Å². The van der Waals surface area contributed by atoms with Gasteiger partial charge in [0.25, 0.3) is 11.1 Å². The van der Waals surface area contributed by atoms with Crippen LogP contribution in [0, 0.1) is 0 Å². The van der Waals surface area contributed by atoms with Gasteiger partial charge in [-0.05, 0) is 121 Å². The van der Waals surface area contributed by atoms with Gasteiger partial charge < -0.3 is 37.9 Å². The number of ether oxygens (including phenoxy) is 4. The molecular weight excluding hydrogens is 681 g/mol. The zero-order valence-electron chi connectivity index (χ0n) is 30.8. The van der Waals surface area contributed by atoms with E-state index in [0.717, 1.165) is 56.5 Å². The Labute approximate surface area is 311 Å². The summed E-state index contributed by atoms with van der Waals surface area (Å²) in [5.74, 6) is 2.88. The normalized spacial score (nSPS) is 11.3. The van der Waals surface area contributed by atoms with Crippen molar-refractivity contribution < 1.29 is 18.9 Å². The number of hydrogen-bond donors (Lipinski definition) is 0. The highest BCUT2D eigenvalue weighted by Gasteiger charge is 2.24. The molecule has 0 fully saturated rings. The van der Waals surface area contributed by atoms with Crippen LogP contribution in [0.1, 0.15) is 0 Å². The van der Waals surface area contributed by atoms with Crippen LogP contribution >= 0.6 is 0 Å². The SMILES string of the molecule is COc1ccc(N(c2ccc(OC)cc2)c2cc3c(=O)n(C)c4cc(N(c5ccc(OC)cc5)c5ccc(OC)cc5)cc5c(=O)n(C)c(c2)c3c54)cc1. The fraction of sp³-hybridized carbons (Fsp3) is 0.136. The van der Waals surface area contributed by atoms with Gasteiger partial charge in [0.05, 0.1) is 50.2 Å². The van der Waals surface area contributed by atoms with Crippen molar-refractivity contribution in [2.45, 2.75) is 0 Å². The van der Waals surface area contributed by atoms with E-state index in [1.54, 1.807) is 51.7 Å². The molecule has 10 heteroatoms. The average Bonchev–Trinajstić information content (AvgIpc) is 3.22. The maximum atomic E-state index is 14.6. The van der Waals surface area contributed by atoms with E-state index in [-0.39, 0.29) is 11.1 Å². The third-order valence-electron chi connectivity index (χ3n) is 10.1. The first-order valence-electron chi connectivity index (χ1n) is 17.3. The third kappa shape index (κ3) is 5.59. The van der Waals surface area contributed by atoms with E-state index < -0.39 is 0 Å². The Morgan fingerprint density at radius 1 is 0.389 bits per heavy atom. The first-order chi connectivity index (χ1) is 26.2. The summed E-state index contributed by atoms with van der Waals surface area (Å²) in [6.07, 6.45) is 0. The molecule has 8 aromatic rings. The van der Waals surface area contributed by atoms with Crippen LogP contribution in [-0.4, -0.2) is 37.6 Å². The van der Waals surface area contributed by atoms with E-state index in [0.29, 0.717) is 33.2 Å². The predicted molar refractivity (Wildman–Crippen MR) is 216 cm³/mol. The summed E-state index contributed by atoms with van der Waals surface area (Å²) >= 11 is 0. The Kier molecular flexibility index (Phi) is 8.58. The summed E-state index contributed by atoms with van der Waals surface area (Å²) in [4.78, 5) is 33.2. The molecule has 2 heterocycles. The van der Waals surface area contributed by atoms with Crippen LogP contribution in [0.3, 0.4) is 0 Å². The molecule has 0 bridgehead atoms. The Balaban J connectivity index is 1.39. The molecular formula is C44H38N4O6. The maximum absolute atomic E-state index is 14.6. The second kappa shape index (κ2) is 13.6. The number of methoxy groups -OCH3 is 4. The molecule has 8 rings (SSSR count). The number of pyridine rings is 2. The van der Waals surface area contributed by atoms with Gasteiger partial charge in [-0.3, -0.25) is 9.59 Å². The Morgan fingerprint density at radius 3 is 0.889 bits per heavy atom. The average molecular weight is 719 g/mol. The lowest BCUT2D eigenvalue weighted by molar-refractivity contribution is 0.414. The lowest BCUT2D eigenvalue weighted by Crippen LogP contribution is -2.24. The van der Waals surface area contributed by atoms with E-state index in [4.69, 9.17) is 18.9 Å². The van der Waals surface area contributed by atoms with Crippen LogP contribution in [-0.2, 0) is 14.1 Å². The monoisotopic (exact) mass is 718 g/mol. The van der Waals surface area contributed by atoms with Gasteiger partial charge in [-0.2, -0.15) is 0 Å². The van der Waals surface area contributed by atoms with Crippen molar-refractivity contribution in [2.24, 2.45) is 14.1 Å². The van der Waals surface area contributed by atoms with Crippen LogP contribution < -0.4 is 39.9 Å². The standard InChI is InChI=1S/C44H38N4O6/c1-45-39-25-31(47(27-7-15-33(51-3)16-8-27)28-9-17-34(52-4)18-10-28)24-38-41(39)42-37(43(45)49)23-32(26-40(42)46(2)44(38)50)48(29-11-19-35(53-5)20-12-29)30-13-21-36(54-6)22-14-30/h7-26H,1-6H3. The highest BCUT2D eigenvalue weighted by atomic mass is 16.5. The minimum atomic E-state index is -0.184. The van der Waals surface area contributed by atoms with Crippen molar-refractivity contribution in [3.63, 3.8) is 0 Å². The van der Waals surface area contributed by atoms with Gasteiger partial charge in [0.2, 0.25) is 0 Å². The molecule has 0 spiro atoms. The molecule has 2 aromatic heterocycles. The number of aryl methyl sites for hydroxylation is 2. The second-order valence-electron chi connectivity index (χ2n) is 13.0. The number of hydrogen-bond acceptors (Lipinski definition) is 8. The van der Waals surface area contributed by atoms with Crippen molar-refractivity contribution in [1.29, 1.82) is 0 Å². The minimum absolute atomic E-state index is 0.184. The maximum Gasteiger partial charge on any atom is 0.258 e. The summed E-state index contributed by atoms with van der Waals surface area (Å²) in [6, 6.07) is 38.6. The van der Waals surface area contributed by atoms with Gasteiger partial charge in [-0.1, -0.05) is 0 Å². The molecule has 0 unspecified atom stereocenters. The number of nitrogens with zero attached hydrogens (tertiary/aromatic N) is 4. The second-order valence-corrected chi connectivity index (χ2v) is 13.0. The molecule has 0 radical (unpaired) electrons. The van der Waals surface area contributed by atoms with Crippen molar-refractivity contribution in [3.05, 3.63) is 142 Å². The molecule has 0 saturated carbocycles. The molecule has 0 aliphatic carbocycles. The lowest BCUT2D eigenvalue weighted by atomic mass is 9.98. The fourth-order valence-corrected chi connectivity index (χ4v) is 7.27. The van der Waals surface area contributed by atoms with Crippen LogP contribution in [0.2, 0.25) is 0 Å². The van der Waals surface area contributed by atoms with Crippen molar-refractivity contribution in [1.82, 2.24) is 9.13 Å². The number of benzene rings is 6. The fourth-order valence-electron chi connectivity index (χ4n) is 7.27. The third-order valence-corrected chi connectivity index (χ3v) is 10.1. The Hall–Kier alpha value is -6.94. The van der Waals surface area contributed by atoms with Crippen molar-refractivity contribution in [3.8, 4) is 23.0 Å². The summed E-state index contributed by atoms with van der Waals surface area (Å²) in [7, 11) is 10.0. The molecule has 6 aromatic carbocycles. The summed E-state index contributed by atoms with van der Waals surface area (Å²) < 4.78 is 25.1. The van der Waals surface area contributed by atoms with Gasteiger partial charge in [0.1, 0.15) is 23.0 Å². The van der Waals surface area contributed by atoms with E-state index in [2.05, 4.69) is 9.80 Å². The van der Waals surface area contributed by atoms with Crippen LogP contribution in [0.5, 0.6) is 23.0 Å². The van der Waals surface area contributed by atoms with Crippen LogP contribution in [0.25, 0.3) is 32.6 Å². The van der Waals surface area contributed by atoms with Gasteiger partial charge in [0.15, 0.2) is 0 Å². The molecule has 54 heavy (non-hydrogen) atoms. The molecule has 0 aliphatic heterocycles. The molecule has 0 saturated heterocycles. The summed E-state index contributed by atoms with van der Waals surface area (Å²) in [6.45, 7) is 0. The smallest absolute Gasteiger partial charge is 0.258 e. The highest BCUT2D eigenvalue weighted by Crippen LogP contribution is 2.43. The van der Waals surface area contributed by atoms with Gasteiger partial charge >= 0.3 is 0 Å². The van der Waals surface area contributed by atoms with Gasteiger partial charge in [-0.15, -0.1) is 0 Å². The van der Waals surface area contributed by atoms with Crippen LogP contribution in [0.15, 0.2) is 131 Å². The van der Waals surface area contributed by atoms with Crippen molar-refractivity contribution >= 4 is 66.7 Å². The van der Waals surface area contributed by atoms with Crippen LogP contribution in [0.4, 0.5) is 34.1 Å². The Morgan fingerprint density at radius 2 is 0.648 bits per heavy atom. The van der Waals surface area contributed by atoms with E-state index >= 15 is 0 Å². The first kappa shape index (κ1) is 34.2. The molecule has 10 nitrogen and oxygen atoms in total. The number of rotatable bonds is 10. The zero-order chi connectivity index (χ0) is 37.7. The first-order valence-corrected chi connectivity index (χ1v) is 17.3. The molecule has 0 aliphatic rings. The highest BCUT2D eigenvalue weighted by molar-refractivity contribution is 6.22. The largest absolute Gasteiger partial charge is 0.497 e. The van der Waals surface area contributed by atoms with E-state index in [1.165, 1.54) is 0 Å². The predicted octanol–water partition coefficient (Wildman–Crippen LogP) is 8.96. The van der Waals surface area contributed by atoms with Gasteiger partial charge in [-0.25, -0.2) is 0 Å². The molecule has 0 N–H and O–H groups in total. The Bertz CT molecular complexity index is 2470. The lowest BCUT2D eigenvalue weighted by Gasteiger charge is -2.28. The topological polar surface area (TPSA) is 87.4 Å². The number of anilines is 6. The summed E-state index contributed by atoms with van der Waals surface area (Å²) in [5.41, 5.74) is 5.73. The van der Waals surface area contributed by atoms with E-state index in [1.807, 2.05) is 121 Å². The quantitative estimate of drug-likeness (QED) is 0.130. The number of aromatic nitrogens is 2. The van der Waals surface area contributed by atoms with Gasteiger partial charge in [0, 0.05) is 59.0 Å². The van der Waals surface area contributed by atoms with Crippen molar-refractivity contribution in [2.75, 3.05) is 38.2 Å².